The number of benzene rings is 1. The van der Waals surface area contributed by atoms with E-state index in [9.17, 15) is 4.79 Å². The predicted octanol–water partition coefficient (Wildman–Crippen LogP) is 7.98. The maximum absolute atomic E-state index is 13.2. The molecule has 1 fully saturated rings. The van der Waals surface area contributed by atoms with Gasteiger partial charge >= 0.3 is 5.97 Å². The molecule has 0 bridgehead atoms. The van der Waals surface area contributed by atoms with E-state index in [0.717, 1.165) is 43.4 Å². The summed E-state index contributed by atoms with van der Waals surface area (Å²) in [6, 6.07) is 10.2. The molecule has 1 aliphatic heterocycles. The molecule has 0 N–H and O–H groups in total. The van der Waals surface area contributed by atoms with Crippen LogP contribution in [0, 0.1) is 9.85 Å². The average molecular weight is 587 g/mol. The van der Waals surface area contributed by atoms with Gasteiger partial charge in [0.1, 0.15) is 10.9 Å². The number of thioether (sulfide) groups is 1. The van der Waals surface area contributed by atoms with Crippen molar-refractivity contribution in [2.45, 2.75) is 113 Å². The Hall–Kier alpha value is -0.493. The van der Waals surface area contributed by atoms with Gasteiger partial charge in [-0.3, -0.25) is 4.79 Å². The number of hydrogen-bond acceptors (Lipinski definition) is 4. The smallest absolute Gasteiger partial charge is 0.323 e. The van der Waals surface area contributed by atoms with Gasteiger partial charge in [0.05, 0.1) is 0 Å². The van der Waals surface area contributed by atoms with Crippen molar-refractivity contribution < 1.29 is 14.0 Å². The van der Waals surface area contributed by atoms with Crippen LogP contribution in [0.2, 0.25) is 18.1 Å². The zero-order valence-electron chi connectivity index (χ0n) is 20.5. The fourth-order valence-corrected chi connectivity index (χ4v) is 6.98. The van der Waals surface area contributed by atoms with Crippen molar-refractivity contribution >= 4 is 48.6 Å². The number of carbonyl (C=O) groups is 1. The van der Waals surface area contributed by atoms with Gasteiger partial charge < -0.3 is 9.16 Å². The van der Waals surface area contributed by atoms with Gasteiger partial charge in [-0.2, -0.15) is 0 Å². The molecule has 1 saturated heterocycles. The topological polar surface area (TPSA) is 35.5 Å². The van der Waals surface area contributed by atoms with E-state index >= 15 is 0 Å². The fourth-order valence-electron chi connectivity index (χ4n) is 3.86. The van der Waals surface area contributed by atoms with Crippen molar-refractivity contribution in [3.8, 4) is 9.85 Å². The van der Waals surface area contributed by atoms with Crippen molar-refractivity contribution in [3.63, 3.8) is 0 Å². The summed E-state index contributed by atoms with van der Waals surface area (Å²) in [5.41, 5.74) is 0. The summed E-state index contributed by atoms with van der Waals surface area (Å²) < 4.78 is 15.0. The summed E-state index contributed by atoms with van der Waals surface area (Å²) in [6.45, 7) is 13.5. The third kappa shape index (κ3) is 8.07. The number of esters is 1. The lowest BCUT2D eigenvalue weighted by atomic mass is 9.94. The summed E-state index contributed by atoms with van der Waals surface area (Å²) >= 11 is 3.76. The monoisotopic (exact) mass is 586 g/mol. The summed E-state index contributed by atoms with van der Waals surface area (Å²) in [6.07, 6.45) is 6.72. The highest BCUT2D eigenvalue weighted by molar-refractivity contribution is 14.1. The average Bonchev–Trinajstić information content (AvgIpc) is 2.96. The van der Waals surface area contributed by atoms with Crippen molar-refractivity contribution in [3.05, 3.63) is 30.3 Å². The molecule has 0 aliphatic carbocycles. The third-order valence-electron chi connectivity index (χ3n) is 6.57. The Morgan fingerprint density at radius 2 is 1.94 bits per heavy atom. The Kier molecular flexibility index (Phi) is 10.6. The molecule has 0 radical (unpaired) electrons. The van der Waals surface area contributed by atoms with Crippen LogP contribution in [0.15, 0.2) is 35.2 Å². The van der Waals surface area contributed by atoms with Crippen LogP contribution >= 0.6 is 34.4 Å². The lowest BCUT2D eigenvalue weighted by Gasteiger charge is -2.41. The molecule has 0 unspecified atom stereocenters. The normalized spacial score (nSPS) is 22.2. The standard InChI is InChI=1S/C26H39IO3SSi/c1-21-19-26(24(28)29-21,31-23-16-12-10-13-17-23)20-22(15-11-8-7-9-14-18-27)30-32(5,6)25(2,3)4/h10,12-13,16-17,21-22H,7-9,11,15,19-20H2,1-6H3/t21-,22+,26-/m1/s1. The second-order valence-electron chi connectivity index (χ2n) is 10.4. The molecule has 1 heterocycles. The van der Waals surface area contributed by atoms with E-state index in [1.165, 1.54) is 0 Å². The van der Waals surface area contributed by atoms with Crippen molar-refractivity contribution in [2.24, 2.45) is 0 Å². The Labute approximate surface area is 214 Å². The molecule has 0 aromatic heterocycles. The Bertz CT molecular complexity index is 797. The number of unbranched alkanes of at least 4 members (excludes halogenated alkanes) is 3. The van der Waals surface area contributed by atoms with Gasteiger partial charge in [-0.15, -0.1) is 11.8 Å². The molecule has 3 atom stereocenters. The molecule has 178 valence electrons. The maximum atomic E-state index is 13.2. The van der Waals surface area contributed by atoms with Crippen LogP contribution in [0.5, 0.6) is 0 Å². The molecular formula is C26H39IO3SSi. The van der Waals surface area contributed by atoms with Crippen LogP contribution in [-0.2, 0) is 14.0 Å². The van der Waals surface area contributed by atoms with Gasteiger partial charge in [0.2, 0.25) is 0 Å². The van der Waals surface area contributed by atoms with E-state index in [-0.39, 0.29) is 23.2 Å². The molecule has 1 aromatic carbocycles. The van der Waals surface area contributed by atoms with Gasteiger partial charge in [0.25, 0.3) is 0 Å². The largest absolute Gasteiger partial charge is 0.462 e. The first-order valence-electron chi connectivity index (χ1n) is 11.7. The zero-order chi connectivity index (χ0) is 23.8. The molecular weight excluding hydrogens is 547 g/mol. The van der Waals surface area contributed by atoms with Gasteiger partial charge in [-0.05, 0) is 60.4 Å². The minimum absolute atomic E-state index is 0.0561. The molecule has 32 heavy (non-hydrogen) atoms. The van der Waals surface area contributed by atoms with E-state index in [1.807, 2.05) is 25.1 Å². The Balaban J connectivity index is 2.21. The van der Waals surface area contributed by atoms with Crippen molar-refractivity contribution in [1.29, 1.82) is 0 Å². The van der Waals surface area contributed by atoms with Crippen LogP contribution in [0.25, 0.3) is 0 Å². The summed E-state index contributed by atoms with van der Waals surface area (Å²) in [4.78, 5) is 14.3. The number of rotatable bonds is 11. The molecule has 2 rings (SSSR count). The van der Waals surface area contributed by atoms with E-state index in [2.05, 4.69) is 78.4 Å². The van der Waals surface area contributed by atoms with Gasteiger partial charge in [-0.25, -0.2) is 0 Å². The molecule has 3 nitrogen and oxygen atoms in total. The second kappa shape index (κ2) is 12.3. The number of hydrogen-bond donors (Lipinski definition) is 0. The van der Waals surface area contributed by atoms with Crippen LogP contribution in [-0.4, -0.2) is 31.2 Å². The van der Waals surface area contributed by atoms with Gasteiger partial charge in [-0.1, -0.05) is 57.7 Å². The molecule has 0 amide bonds. The minimum Gasteiger partial charge on any atom is -0.462 e. The Morgan fingerprint density at radius 1 is 1.25 bits per heavy atom. The predicted molar refractivity (Wildman–Crippen MR) is 147 cm³/mol. The first kappa shape index (κ1) is 27.7. The molecule has 1 aliphatic rings. The number of ether oxygens (including phenoxy) is 1. The molecule has 1 aromatic rings. The van der Waals surface area contributed by atoms with E-state index < -0.39 is 13.1 Å². The summed E-state index contributed by atoms with van der Waals surface area (Å²) in [5, 5.41) is 0.129. The van der Waals surface area contributed by atoms with E-state index in [0.29, 0.717) is 6.42 Å². The minimum atomic E-state index is -1.97. The van der Waals surface area contributed by atoms with Crippen LogP contribution in [0.3, 0.4) is 0 Å². The molecule has 0 spiro atoms. The lowest BCUT2D eigenvalue weighted by molar-refractivity contribution is -0.143. The maximum Gasteiger partial charge on any atom is 0.323 e. The van der Waals surface area contributed by atoms with Crippen LogP contribution < -0.4 is 0 Å². The van der Waals surface area contributed by atoms with E-state index in [4.69, 9.17) is 9.16 Å². The summed E-state index contributed by atoms with van der Waals surface area (Å²) in [7, 11) is -1.97. The quantitative estimate of drug-likeness (QED) is 0.0866. The first-order chi connectivity index (χ1) is 15.0. The highest BCUT2D eigenvalue weighted by atomic mass is 127. The lowest BCUT2D eigenvalue weighted by Crippen LogP contribution is -2.46. The van der Waals surface area contributed by atoms with Crippen LogP contribution in [0.4, 0.5) is 0 Å². The second-order valence-corrected chi connectivity index (χ2v) is 17.2. The highest BCUT2D eigenvalue weighted by Gasteiger charge is 2.51. The molecule has 6 heteroatoms. The number of carbonyl (C=O) groups excluding carboxylic acids is 1. The zero-order valence-corrected chi connectivity index (χ0v) is 24.5. The number of cyclic esters (lactones) is 1. The summed E-state index contributed by atoms with van der Waals surface area (Å²) in [5.74, 6) is 3.06. The number of halogens is 1. The van der Waals surface area contributed by atoms with E-state index in [1.54, 1.807) is 11.8 Å². The van der Waals surface area contributed by atoms with Gasteiger partial charge in [0, 0.05) is 46.4 Å². The SMILES string of the molecule is C[C@@H]1C[C@](C[C@H](CCCCCC#CI)O[Si](C)(C)C(C)(C)C)(Sc2ccccc2)C(=O)O1. The molecule has 0 saturated carbocycles. The highest BCUT2D eigenvalue weighted by Crippen LogP contribution is 2.47. The van der Waals surface area contributed by atoms with Crippen molar-refractivity contribution in [1.82, 2.24) is 0 Å². The van der Waals surface area contributed by atoms with Gasteiger partial charge in [0.15, 0.2) is 8.32 Å². The fraction of sp³-hybridized carbons (Fsp3) is 0.654. The van der Waals surface area contributed by atoms with Crippen molar-refractivity contribution in [2.75, 3.05) is 0 Å². The Morgan fingerprint density at radius 3 is 2.50 bits per heavy atom. The first-order valence-corrected chi connectivity index (χ1v) is 16.5. The third-order valence-corrected chi connectivity index (χ3v) is 12.9. The van der Waals surface area contributed by atoms with Crippen LogP contribution in [0.1, 0.15) is 72.6 Å².